The van der Waals surface area contributed by atoms with Gasteiger partial charge in [0.05, 0.1) is 0 Å². The van der Waals surface area contributed by atoms with Crippen molar-refractivity contribution in [2.75, 3.05) is 0 Å². The van der Waals surface area contributed by atoms with Crippen molar-refractivity contribution >= 4 is 0 Å². The maximum atomic E-state index is 2.26. The average molecular weight is 242 g/mol. The Morgan fingerprint density at radius 1 is 0.611 bits per heavy atom. The Morgan fingerprint density at radius 2 is 1.06 bits per heavy atom. The minimum Gasteiger partial charge on any atom is -0.0620 e. The highest BCUT2D eigenvalue weighted by Crippen LogP contribution is 2.43. The summed E-state index contributed by atoms with van der Waals surface area (Å²) in [7, 11) is 0. The summed E-state index contributed by atoms with van der Waals surface area (Å²) in [4.78, 5) is 0. The van der Waals surface area contributed by atoms with Gasteiger partial charge in [0.2, 0.25) is 0 Å². The largest absolute Gasteiger partial charge is 0.0620 e. The van der Waals surface area contributed by atoms with Gasteiger partial charge < -0.3 is 0 Å². The molecule has 2 saturated carbocycles. The van der Waals surface area contributed by atoms with Crippen LogP contribution in [0, 0.1) is 11.8 Å². The molecule has 0 heteroatoms. The van der Waals surface area contributed by atoms with E-state index in [0.717, 1.165) is 0 Å². The van der Waals surface area contributed by atoms with Crippen molar-refractivity contribution in [1.29, 1.82) is 0 Å². The zero-order valence-electron chi connectivity index (χ0n) is 11.5. The van der Waals surface area contributed by atoms with E-state index >= 15 is 0 Å². The summed E-state index contributed by atoms with van der Waals surface area (Å²) in [6, 6.07) is 8.80. The van der Waals surface area contributed by atoms with Gasteiger partial charge in [-0.15, -0.1) is 0 Å². The van der Waals surface area contributed by atoms with E-state index < -0.39 is 0 Å². The summed E-state index contributed by atoms with van der Waals surface area (Å²) in [6.07, 6.45) is 14.7. The first-order valence-corrected chi connectivity index (χ1v) is 8.00. The molecule has 18 heavy (non-hydrogen) atoms. The minimum absolute atomic E-state index is 1.18. The fraction of sp³-hybridized carbons (Fsp3) is 0.667. The lowest BCUT2D eigenvalue weighted by Crippen LogP contribution is -2.00. The van der Waals surface area contributed by atoms with Crippen LogP contribution in [-0.2, 0) is 12.8 Å². The standard InChI is InChI=1S/C10H12.C8H14/c1-2-6-10-8-4-3-7-9(10)5-1;1-3-7-5-2-6-8(7)4-1/h1-2,5-6H,3-4,7-8H2;7-8H,1-6H2. The van der Waals surface area contributed by atoms with Crippen LogP contribution in [0.15, 0.2) is 24.3 Å². The molecule has 0 nitrogen and oxygen atoms in total. The van der Waals surface area contributed by atoms with Crippen LogP contribution >= 0.6 is 0 Å². The predicted octanol–water partition coefficient (Wildman–Crippen LogP) is 5.15. The lowest BCUT2D eigenvalue weighted by molar-refractivity contribution is 0.457. The molecule has 4 rings (SSSR count). The third-order valence-corrected chi connectivity index (χ3v) is 5.23. The molecule has 0 atom stereocenters. The molecule has 0 amide bonds. The second-order valence-electron chi connectivity index (χ2n) is 6.36. The van der Waals surface area contributed by atoms with Crippen LogP contribution in [0.4, 0.5) is 0 Å². The van der Waals surface area contributed by atoms with Gasteiger partial charge in [0.15, 0.2) is 0 Å². The summed E-state index contributed by atoms with van der Waals surface area (Å²) >= 11 is 0. The fourth-order valence-corrected chi connectivity index (χ4v) is 4.19. The summed E-state index contributed by atoms with van der Waals surface area (Å²) < 4.78 is 0. The quantitative estimate of drug-likeness (QED) is 0.590. The normalized spacial score (nSPS) is 29.1. The molecule has 0 unspecified atom stereocenters. The number of fused-ring (bicyclic) bond motifs is 2. The summed E-state index contributed by atoms with van der Waals surface area (Å²) in [6.45, 7) is 0. The number of hydrogen-bond donors (Lipinski definition) is 0. The summed E-state index contributed by atoms with van der Waals surface area (Å²) in [5.74, 6) is 2.35. The molecule has 3 aliphatic carbocycles. The smallest absolute Gasteiger partial charge is 0.0276 e. The van der Waals surface area contributed by atoms with Crippen LogP contribution in [-0.4, -0.2) is 0 Å². The number of rotatable bonds is 0. The van der Waals surface area contributed by atoms with E-state index in [0.29, 0.717) is 0 Å². The van der Waals surface area contributed by atoms with Crippen LogP contribution in [0.25, 0.3) is 0 Å². The summed E-state index contributed by atoms with van der Waals surface area (Å²) in [5, 5.41) is 0. The maximum absolute atomic E-state index is 2.26. The van der Waals surface area contributed by atoms with Crippen LogP contribution in [0.5, 0.6) is 0 Å². The van der Waals surface area contributed by atoms with Gasteiger partial charge in [-0.2, -0.15) is 0 Å². The molecule has 0 radical (unpaired) electrons. The molecule has 0 bridgehead atoms. The molecule has 98 valence electrons. The van der Waals surface area contributed by atoms with Crippen molar-refractivity contribution in [2.24, 2.45) is 11.8 Å². The van der Waals surface area contributed by atoms with E-state index in [-0.39, 0.29) is 0 Å². The number of aryl methyl sites for hydroxylation is 2. The molecular weight excluding hydrogens is 216 g/mol. The summed E-state index contributed by atoms with van der Waals surface area (Å²) in [5.41, 5.74) is 3.16. The van der Waals surface area contributed by atoms with E-state index in [1.165, 1.54) is 50.4 Å². The Balaban J connectivity index is 0.000000114. The average Bonchev–Trinajstić information content (AvgIpc) is 3.03. The second-order valence-corrected chi connectivity index (χ2v) is 6.36. The van der Waals surface area contributed by atoms with Crippen molar-refractivity contribution < 1.29 is 0 Å². The third kappa shape index (κ3) is 2.79. The maximum Gasteiger partial charge on any atom is -0.0276 e. The SMILES string of the molecule is C1CC2CCCC2C1.c1ccc2c(c1)CCCC2. The van der Waals surface area contributed by atoms with Gasteiger partial charge in [-0.3, -0.25) is 0 Å². The fourth-order valence-electron chi connectivity index (χ4n) is 4.19. The van der Waals surface area contributed by atoms with E-state index in [9.17, 15) is 0 Å². The van der Waals surface area contributed by atoms with Gasteiger partial charge in [-0.1, -0.05) is 62.8 Å². The number of benzene rings is 1. The molecule has 1 aromatic rings. The molecule has 2 fully saturated rings. The van der Waals surface area contributed by atoms with E-state index in [4.69, 9.17) is 0 Å². The first-order chi connectivity index (χ1) is 8.93. The van der Waals surface area contributed by atoms with Gasteiger partial charge in [0, 0.05) is 0 Å². The van der Waals surface area contributed by atoms with Crippen LogP contribution in [0.1, 0.15) is 62.5 Å². The molecule has 1 aromatic carbocycles. The van der Waals surface area contributed by atoms with Gasteiger partial charge in [0.25, 0.3) is 0 Å². The van der Waals surface area contributed by atoms with Crippen molar-refractivity contribution in [3.05, 3.63) is 35.4 Å². The zero-order chi connectivity index (χ0) is 12.2. The lowest BCUT2D eigenvalue weighted by Gasteiger charge is -2.13. The molecule has 0 heterocycles. The second kappa shape index (κ2) is 5.91. The van der Waals surface area contributed by atoms with Crippen LogP contribution in [0.3, 0.4) is 0 Å². The topological polar surface area (TPSA) is 0 Å². The van der Waals surface area contributed by atoms with Crippen molar-refractivity contribution in [3.63, 3.8) is 0 Å². The Labute approximate surface area is 112 Å². The lowest BCUT2D eigenvalue weighted by atomic mass is 9.92. The molecule has 0 spiro atoms. The Kier molecular flexibility index (Phi) is 4.02. The van der Waals surface area contributed by atoms with Gasteiger partial charge in [-0.25, -0.2) is 0 Å². The highest BCUT2D eigenvalue weighted by Gasteiger charge is 2.30. The Morgan fingerprint density at radius 3 is 1.50 bits per heavy atom. The monoisotopic (exact) mass is 242 g/mol. The van der Waals surface area contributed by atoms with Gasteiger partial charge in [0.1, 0.15) is 0 Å². The Bertz CT molecular complexity index is 334. The predicted molar refractivity (Wildman–Crippen MR) is 77.8 cm³/mol. The first-order valence-electron chi connectivity index (χ1n) is 8.00. The van der Waals surface area contributed by atoms with Crippen molar-refractivity contribution in [1.82, 2.24) is 0 Å². The van der Waals surface area contributed by atoms with Crippen LogP contribution in [0.2, 0.25) is 0 Å². The molecule has 0 saturated heterocycles. The van der Waals surface area contributed by atoms with Crippen LogP contribution < -0.4 is 0 Å². The number of hydrogen-bond acceptors (Lipinski definition) is 0. The highest BCUT2D eigenvalue weighted by atomic mass is 14.4. The van der Waals surface area contributed by atoms with E-state index in [1.807, 2.05) is 0 Å². The molecular formula is C18H26. The minimum atomic E-state index is 1.18. The van der Waals surface area contributed by atoms with Crippen molar-refractivity contribution in [3.8, 4) is 0 Å². The van der Waals surface area contributed by atoms with Gasteiger partial charge >= 0.3 is 0 Å². The molecule has 0 N–H and O–H groups in total. The Hall–Kier alpha value is -0.780. The first kappa shape index (κ1) is 12.3. The molecule has 0 aromatic heterocycles. The van der Waals surface area contributed by atoms with E-state index in [1.54, 1.807) is 36.8 Å². The zero-order valence-corrected chi connectivity index (χ0v) is 11.5. The molecule has 3 aliphatic rings. The van der Waals surface area contributed by atoms with E-state index in [2.05, 4.69) is 24.3 Å². The van der Waals surface area contributed by atoms with Gasteiger partial charge in [-0.05, 0) is 48.6 Å². The molecule has 0 aliphatic heterocycles. The highest BCUT2D eigenvalue weighted by molar-refractivity contribution is 5.28. The third-order valence-electron chi connectivity index (χ3n) is 5.23. The van der Waals surface area contributed by atoms with Crippen molar-refractivity contribution in [2.45, 2.75) is 64.2 Å².